The van der Waals surface area contributed by atoms with Gasteiger partial charge >= 0.3 is 6.18 Å². The van der Waals surface area contributed by atoms with E-state index in [-0.39, 0.29) is 16.5 Å². The molecule has 0 fully saturated rings. The molecule has 2 N–H and O–H groups in total. The van der Waals surface area contributed by atoms with Gasteiger partial charge in [0.1, 0.15) is 0 Å². The molecule has 0 bridgehead atoms. The van der Waals surface area contributed by atoms with E-state index < -0.39 is 29.5 Å². The molecule has 1 aromatic carbocycles. The normalized spacial score (nSPS) is 11.2. The number of aryl methyl sites for hydroxylation is 2. The standard InChI is InChI=1S/C14H13F3N4O2S/c1-7-3-8(2)5-9(4-7)11(23)18-6-10(22)19-13-21-20-12(24-13)14(15,16)17/h3-5H,6H2,1-2H3,(H,18,23)(H,19,21,22). The molecule has 1 heterocycles. The van der Waals surface area contributed by atoms with Gasteiger partial charge in [-0.05, 0) is 26.0 Å². The zero-order valence-corrected chi connectivity index (χ0v) is 13.5. The molecule has 6 nitrogen and oxygen atoms in total. The van der Waals surface area contributed by atoms with E-state index >= 15 is 0 Å². The minimum Gasteiger partial charge on any atom is -0.343 e. The number of hydrogen-bond donors (Lipinski definition) is 2. The largest absolute Gasteiger partial charge is 0.445 e. The average Bonchev–Trinajstić information content (AvgIpc) is 2.92. The van der Waals surface area contributed by atoms with Gasteiger partial charge in [0.15, 0.2) is 0 Å². The first-order chi connectivity index (χ1) is 11.1. The zero-order chi connectivity index (χ0) is 17.9. The minimum atomic E-state index is -4.61. The monoisotopic (exact) mass is 358 g/mol. The number of carbonyl (C=O) groups excluding carboxylic acids is 2. The molecule has 10 heteroatoms. The van der Waals surface area contributed by atoms with E-state index in [0.29, 0.717) is 5.56 Å². The number of halogens is 3. The lowest BCUT2D eigenvalue weighted by Crippen LogP contribution is -2.32. The first kappa shape index (κ1) is 17.9. The Bertz CT molecular complexity index is 753. The van der Waals surface area contributed by atoms with Crippen molar-refractivity contribution in [2.75, 3.05) is 11.9 Å². The summed E-state index contributed by atoms with van der Waals surface area (Å²) in [5, 5.41) is 9.29. The van der Waals surface area contributed by atoms with Crippen molar-refractivity contribution in [3.8, 4) is 0 Å². The van der Waals surface area contributed by atoms with Crippen LogP contribution < -0.4 is 10.6 Å². The molecule has 128 valence electrons. The quantitative estimate of drug-likeness (QED) is 0.880. The van der Waals surface area contributed by atoms with E-state index in [1.54, 1.807) is 12.1 Å². The van der Waals surface area contributed by atoms with Crippen LogP contribution in [0.3, 0.4) is 0 Å². The molecule has 0 unspecified atom stereocenters. The molecule has 0 aliphatic rings. The van der Waals surface area contributed by atoms with Crippen LogP contribution in [0.4, 0.5) is 18.3 Å². The van der Waals surface area contributed by atoms with Gasteiger partial charge < -0.3 is 5.32 Å². The van der Waals surface area contributed by atoms with Gasteiger partial charge in [0, 0.05) is 5.56 Å². The van der Waals surface area contributed by atoms with Crippen LogP contribution in [-0.2, 0) is 11.0 Å². The predicted molar refractivity (Wildman–Crippen MR) is 81.8 cm³/mol. The second kappa shape index (κ2) is 6.95. The number of nitrogens with one attached hydrogen (secondary N) is 2. The number of benzene rings is 1. The lowest BCUT2D eigenvalue weighted by Gasteiger charge is -2.06. The zero-order valence-electron chi connectivity index (χ0n) is 12.7. The van der Waals surface area contributed by atoms with Gasteiger partial charge in [0.05, 0.1) is 6.54 Å². The van der Waals surface area contributed by atoms with Crippen molar-refractivity contribution in [3.63, 3.8) is 0 Å². The summed E-state index contributed by atoms with van der Waals surface area (Å²) in [6, 6.07) is 5.23. The minimum absolute atomic E-state index is 0.211. The maximum atomic E-state index is 12.4. The van der Waals surface area contributed by atoms with Crippen LogP contribution in [0.2, 0.25) is 0 Å². The van der Waals surface area contributed by atoms with Crippen LogP contribution in [-0.4, -0.2) is 28.6 Å². The number of hydrogen-bond acceptors (Lipinski definition) is 5. The first-order valence-electron chi connectivity index (χ1n) is 6.72. The molecule has 24 heavy (non-hydrogen) atoms. The highest BCUT2D eigenvalue weighted by Crippen LogP contribution is 2.32. The summed E-state index contributed by atoms with van der Waals surface area (Å²) in [7, 11) is 0. The number of rotatable bonds is 4. The smallest absolute Gasteiger partial charge is 0.343 e. The predicted octanol–water partition coefficient (Wildman–Crippen LogP) is 2.54. The summed E-state index contributed by atoms with van der Waals surface area (Å²) in [4.78, 5) is 23.6. The Morgan fingerprint density at radius 1 is 1.12 bits per heavy atom. The number of aromatic nitrogens is 2. The van der Waals surface area contributed by atoms with Crippen LogP contribution in [0, 0.1) is 13.8 Å². The second-order valence-corrected chi connectivity index (χ2v) is 5.99. The maximum Gasteiger partial charge on any atom is 0.445 e. The molecule has 2 aromatic rings. The molecule has 0 spiro atoms. The van der Waals surface area contributed by atoms with Crippen LogP contribution in [0.15, 0.2) is 18.2 Å². The fourth-order valence-electron chi connectivity index (χ4n) is 1.92. The van der Waals surface area contributed by atoms with Gasteiger partial charge in [-0.25, -0.2) is 0 Å². The van der Waals surface area contributed by atoms with Crippen molar-refractivity contribution >= 4 is 28.3 Å². The van der Waals surface area contributed by atoms with Crippen molar-refractivity contribution in [2.45, 2.75) is 20.0 Å². The summed E-state index contributed by atoms with van der Waals surface area (Å²) in [5.41, 5.74) is 2.20. The van der Waals surface area contributed by atoms with Crippen molar-refractivity contribution in [2.24, 2.45) is 0 Å². The highest BCUT2D eigenvalue weighted by Gasteiger charge is 2.35. The van der Waals surface area contributed by atoms with Gasteiger partial charge in [0.2, 0.25) is 16.0 Å². The molecule has 0 atom stereocenters. The summed E-state index contributed by atoms with van der Waals surface area (Å²) >= 11 is 0.211. The lowest BCUT2D eigenvalue weighted by molar-refractivity contribution is -0.138. The molecule has 0 aliphatic heterocycles. The molecule has 0 aliphatic carbocycles. The molecule has 0 saturated carbocycles. The highest BCUT2D eigenvalue weighted by atomic mass is 32.1. The van der Waals surface area contributed by atoms with E-state index in [9.17, 15) is 22.8 Å². The molecular weight excluding hydrogens is 345 g/mol. The average molecular weight is 358 g/mol. The SMILES string of the molecule is Cc1cc(C)cc(C(=O)NCC(=O)Nc2nnc(C(F)(F)F)s2)c1. The van der Waals surface area contributed by atoms with Crippen molar-refractivity contribution in [1.29, 1.82) is 0 Å². The van der Waals surface area contributed by atoms with Gasteiger partial charge in [-0.3, -0.25) is 14.9 Å². The van der Waals surface area contributed by atoms with Crippen molar-refractivity contribution < 1.29 is 22.8 Å². The van der Waals surface area contributed by atoms with E-state index in [4.69, 9.17) is 0 Å². The molecule has 1 aromatic heterocycles. The van der Waals surface area contributed by atoms with E-state index in [2.05, 4.69) is 20.8 Å². The third-order valence-corrected chi connectivity index (χ3v) is 3.69. The van der Waals surface area contributed by atoms with Crippen LogP contribution >= 0.6 is 11.3 Å². The Labute approximate surface area is 139 Å². The topological polar surface area (TPSA) is 84.0 Å². The first-order valence-corrected chi connectivity index (χ1v) is 7.54. The Kier molecular flexibility index (Phi) is 5.17. The second-order valence-electron chi connectivity index (χ2n) is 5.02. The third kappa shape index (κ3) is 4.75. The molecule has 0 radical (unpaired) electrons. The fourth-order valence-corrected chi connectivity index (χ4v) is 2.55. The van der Waals surface area contributed by atoms with Crippen LogP contribution in [0.5, 0.6) is 0 Å². The maximum absolute atomic E-state index is 12.4. The van der Waals surface area contributed by atoms with Crippen molar-refractivity contribution in [3.05, 3.63) is 39.9 Å². The van der Waals surface area contributed by atoms with E-state index in [0.717, 1.165) is 11.1 Å². The van der Waals surface area contributed by atoms with Crippen molar-refractivity contribution in [1.82, 2.24) is 15.5 Å². The Morgan fingerprint density at radius 3 is 2.29 bits per heavy atom. The van der Waals surface area contributed by atoms with Gasteiger partial charge in [-0.2, -0.15) is 13.2 Å². The Morgan fingerprint density at radius 2 is 1.75 bits per heavy atom. The lowest BCUT2D eigenvalue weighted by atomic mass is 10.1. The molecular formula is C14H13F3N4O2S. The summed E-state index contributed by atoms with van der Waals surface area (Å²) in [5.74, 6) is -1.15. The van der Waals surface area contributed by atoms with E-state index in [1.165, 1.54) is 0 Å². The van der Waals surface area contributed by atoms with E-state index in [1.807, 2.05) is 19.9 Å². The number of carbonyl (C=O) groups is 2. The molecule has 2 amide bonds. The molecule has 2 rings (SSSR count). The summed E-state index contributed by atoms with van der Waals surface area (Å²) < 4.78 is 37.2. The Balaban J connectivity index is 1.91. The number of nitrogens with zero attached hydrogens (tertiary/aromatic N) is 2. The van der Waals surface area contributed by atoms with Crippen LogP contribution in [0.1, 0.15) is 26.5 Å². The number of alkyl halides is 3. The summed E-state index contributed by atoms with van der Waals surface area (Å²) in [6.07, 6.45) is -4.61. The van der Waals surface area contributed by atoms with Gasteiger partial charge in [-0.1, -0.05) is 28.5 Å². The fraction of sp³-hybridized carbons (Fsp3) is 0.286. The number of amides is 2. The van der Waals surface area contributed by atoms with Crippen LogP contribution in [0.25, 0.3) is 0 Å². The third-order valence-electron chi connectivity index (χ3n) is 2.81. The summed E-state index contributed by atoms with van der Waals surface area (Å²) in [6.45, 7) is 3.28. The number of anilines is 1. The Hall–Kier alpha value is -2.49. The highest BCUT2D eigenvalue weighted by molar-refractivity contribution is 7.15. The molecule has 0 saturated heterocycles. The van der Waals surface area contributed by atoms with Gasteiger partial charge in [0.25, 0.3) is 5.91 Å². The van der Waals surface area contributed by atoms with Gasteiger partial charge in [-0.15, -0.1) is 10.2 Å².